The molecule has 0 aromatic heterocycles. The van der Waals surface area contributed by atoms with Gasteiger partial charge in [0.25, 0.3) is 0 Å². The molecule has 0 heterocycles. The van der Waals surface area contributed by atoms with Gasteiger partial charge < -0.3 is 11.5 Å². The van der Waals surface area contributed by atoms with Crippen LogP contribution in [0.1, 0.15) is 92.7 Å². The van der Waals surface area contributed by atoms with Crippen LogP contribution >= 0.6 is 0 Å². The van der Waals surface area contributed by atoms with E-state index in [1.54, 1.807) is 0 Å². The lowest BCUT2D eigenvalue weighted by Crippen LogP contribution is -2.16. The summed E-state index contributed by atoms with van der Waals surface area (Å²) in [5.41, 5.74) is 22.4. The van der Waals surface area contributed by atoms with Crippen molar-refractivity contribution < 1.29 is 0 Å². The maximum Gasteiger partial charge on any atom is 0.0376 e. The van der Waals surface area contributed by atoms with Crippen LogP contribution in [0.5, 0.6) is 0 Å². The van der Waals surface area contributed by atoms with Crippen molar-refractivity contribution in [1.82, 2.24) is 0 Å². The maximum absolute atomic E-state index is 6.36. The predicted molar refractivity (Wildman–Crippen MR) is 125 cm³/mol. The largest absolute Gasteiger partial charge is 0.398 e. The minimum atomic E-state index is 0.394. The highest BCUT2D eigenvalue weighted by molar-refractivity contribution is 5.59. The van der Waals surface area contributed by atoms with Crippen LogP contribution in [0.25, 0.3) is 0 Å². The topological polar surface area (TPSA) is 52.0 Å². The zero-order valence-electron chi connectivity index (χ0n) is 18.9. The van der Waals surface area contributed by atoms with Crippen LogP contribution in [0.15, 0.2) is 24.3 Å². The molecule has 2 heteroatoms. The Morgan fingerprint density at radius 1 is 0.750 bits per heavy atom. The van der Waals surface area contributed by atoms with Gasteiger partial charge in [0.05, 0.1) is 0 Å². The van der Waals surface area contributed by atoms with E-state index in [0.717, 1.165) is 24.2 Å². The number of anilines is 2. The summed E-state index contributed by atoms with van der Waals surface area (Å²) in [7, 11) is 0. The van der Waals surface area contributed by atoms with Crippen LogP contribution < -0.4 is 11.5 Å². The van der Waals surface area contributed by atoms with E-state index in [1.807, 2.05) is 0 Å². The molecule has 0 saturated carbocycles. The monoisotopic (exact) mass is 380 g/mol. The van der Waals surface area contributed by atoms with E-state index in [2.05, 4.69) is 65.8 Å². The molecule has 0 fully saturated rings. The Balaban J connectivity index is 2.68. The number of hydrogen-bond acceptors (Lipinski definition) is 2. The fourth-order valence-electron chi connectivity index (χ4n) is 4.56. The van der Waals surface area contributed by atoms with E-state index in [9.17, 15) is 0 Å². The molecule has 0 spiro atoms. The van der Waals surface area contributed by atoms with Gasteiger partial charge in [0.1, 0.15) is 0 Å². The highest BCUT2D eigenvalue weighted by Gasteiger charge is 2.25. The number of hydrogen-bond donors (Lipinski definition) is 2. The molecule has 2 nitrogen and oxygen atoms in total. The third kappa shape index (κ3) is 4.71. The molecule has 0 aliphatic rings. The number of nitrogen functional groups attached to an aromatic ring is 2. The average molecular weight is 381 g/mol. The molecular formula is C26H40N2. The summed E-state index contributed by atoms with van der Waals surface area (Å²) in [4.78, 5) is 0. The van der Waals surface area contributed by atoms with E-state index in [0.29, 0.717) is 11.8 Å². The number of benzene rings is 2. The van der Waals surface area contributed by atoms with Gasteiger partial charge in [-0.25, -0.2) is 0 Å². The molecule has 0 aliphatic carbocycles. The molecule has 2 aromatic carbocycles. The van der Waals surface area contributed by atoms with Crippen LogP contribution in [-0.4, -0.2) is 0 Å². The van der Waals surface area contributed by atoms with Gasteiger partial charge in [-0.1, -0.05) is 71.2 Å². The van der Waals surface area contributed by atoms with Crippen molar-refractivity contribution in [1.29, 1.82) is 0 Å². The van der Waals surface area contributed by atoms with E-state index in [1.165, 1.54) is 59.1 Å². The lowest BCUT2D eigenvalue weighted by molar-refractivity contribution is 0.405. The first-order chi connectivity index (χ1) is 13.4. The highest BCUT2D eigenvalue weighted by atomic mass is 14.6. The fourth-order valence-corrected chi connectivity index (χ4v) is 4.56. The molecule has 0 bridgehead atoms. The zero-order chi connectivity index (χ0) is 20.8. The molecule has 28 heavy (non-hydrogen) atoms. The Morgan fingerprint density at radius 2 is 1.21 bits per heavy atom. The minimum Gasteiger partial charge on any atom is -0.398 e. The minimum absolute atomic E-state index is 0.394. The van der Waals surface area contributed by atoms with Crippen LogP contribution in [0.2, 0.25) is 0 Å². The molecule has 2 rings (SSSR count). The Morgan fingerprint density at radius 3 is 1.57 bits per heavy atom. The van der Waals surface area contributed by atoms with Crippen molar-refractivity contribution in [2.75, 3.05) is 11.5 Å². The Hall–Kier alpha value is -1.96. The van der Waals surface area contributed by atoms with Crippen LogP contribution in [0.4, 0.5) is 11.4 Å². The van der Waals surface area contributed by atoms with Gasteiger partial charge in [0, 0.05) is 17.3 Å². The SMILES string of the molecule is CCCCC(CC)C(c1cc(C)c(N)c(CC)c1)c1cc(C)c(N)c(CC)c1. The Kier molecular flexibility index (Phi) is 7.98. The summed E-state index contributed by atoms with van der Waals surface area (Å²) >= 11 is 0. The van der Waals surface area contributed by atoms with Gasteiger partial charge in [-0.05, 0) is 72.4 Å². The molecule has 0 saturated heterocycles. The van der Waals surface area contributed by atoms with Crippen molar-refractivity contribution in [2.45, 2.75) is 86.0 Å². The molecule has 4 N–H and O–H groups in total. The van der Waals surface area contributed by atoms with Gasteiger partial charge >= 0.3 is 0 Å². The van der Waals surface area contributed by atoms with Crippen molar-refractivity contribution in [2.24, 2.45) is 5.92 Å². The highest BCUT2D eigenvalue weighted by Crippen LogP contribution is 2.40. The maximum atomic E-state index is 6.36. The van der Waals surface area contributed by atoms with E-state index >= 15 is 0 Å². The van der Waals surface area contributed by atoms with E-state index < -0.39 is 0 Å². The van der Waals surface area contributed by atoms with Crippen LogP contribution in [0.3, 0.4) is 0 Å². The second-order valence-corrected chi connectivity index (χ2v) is 8.32. The lowest BCUT2D eigenvalue weighted by Gasteiger charge is -2.30. The smallest absolute Gasteiger partial charge is 0.0376 e. The number of aryl methyl sites for hydroxylation is 4. The number of unbranched alkanes of at least 4 members (excludes halogenated alkanes) is 1. The van der Waals surface area contributed by atoms with E-state index in [-0.39, 0.29) is 0 Å². The van der Waals surface area contributed by atoms with Gasteiger partial charge in [0.2, 0.25) is 0 Å². The zero-order valence-corrected chi connectivity index (χ0v) is 18.9. The molecule has 0 radical (unpaired) electrons. The lowest BCUT2D eigenvalue weighted by atomic mass is 9.75. The van der Waals surface area contributed by atoms with Gasteiger partial charge in [0.15, 0.2) is 0 Å². The second-order valence-electron chi connectivity index (χ2n) is 8.32. The number of nitrogens with two attached hydrogens (primary N) is 2. The van der Waals surface area contributed by atoms with Gasteiger partial charge in [-0.2, -0.15) is 0 Å². The first-order valence-corrected chi connectivity index (χ1v) is 11.1. The van der Waals surface area contributed by atoms with Crippen LogP contribution in [-0.2, 0) is 12.8 Å². The second kappa shape index (κ2) is 10.0. The van der Waals surface area contributed by atoms with E-state index in [4.69, 9.17) is 11.5 Å². The summed E-state index contributed by atoms with van der Waals surface area (Å²) in [6.45, 7) is 13.3. The Bertz CT molecular complexity index is 732. The fraction of sp³-hybridized carbons (Fsp3) is 0.538. The average Bonchev–Trinajstić information content (AvgIpc) is 2.69. The third-order valence-electron chi connectivity index (χ3n) is 6.39. The molecule has 154 valence electrons. The first-order valence-electron chi connectivity index (χ1n) is 11.1. The summed E-state index contributed by atoms with van der Waals surface area (Å²) in [5, 5.41) is 0. The molecule has 1 atom stereocenters. The Labute approximate surface area is 172 Å². The number of rotatable bonds is 9. The molecule has 2 aromatic rings. The summed E-state index contributed by atoms with van der Waals surface area (Å²) in [6, 6.07) is 9.37. The quantitative estimate of drug-likeness (QED) is 0.463. The van der Waals surface area contributed by atoms with Gasteiger partial charge in [-0.15, -0.1) is 0 Å². The molecule has 1 unspecified atom stereocenters. The van der Waals surface area contributed by atoms with Gasteiger partial charge in [-0.3, -0.25) is 0 Å². The van der Waals surface area contributed by atoms with Crippen molar-refractivity contribution in [3.8, 4) is 0 Å². The van der Waals surface area contributed by atoms with Crippen molar-refractivity contribution in [3.05, 3.63) is 57.6 Å². The molecule has 0 aliphatic heterocycles. The standard InChI is InChI=1S/C26H40N2/c1-7-11-12-19(8-2)24(22-13-17(5)25(27)20(9-3)15-22)23-14-18(6)26(28)21(10-4)16-23/h13-16,19,24H,7-12,27-28H2,1-6H3. The predicted octanol–water partition coefficient (Wildman–Crippen LogP) is 6.94. The summed E-state index contributed by atoms with van der Waals surface area (Å²) in [5.74, 6) is 1.02. The van der Waals surface area contributed by atoms with Crippen molar-refractivity contribution in [3.63, 3.8) is 0 Å². The first kappa shape index (κ1) is 22.3. The normalized spacial score (nSPS) is 12.5. The van der Waals surface area contributed by atoms with Crippen LogP contribution in [0, 0.1) is 19.8 Å². The summed E-state index contributed by atoms with van der Waals surface area (Å²) < 4.78 is 0. The molecule has 0 amide bonds. The summed E-state index contributed by atoms with van der Waals surface area (Å²) in [6.07, 6.45) is 6.90. The third-order valence-corrected chi connectivity index (χ3v) is 6.39. The molecular weight excluding hydrogens is 340 g/mol. The van der Waals surface area contributed by atoms with Crippen molar-refractivity contribution >= 4 is 11.4 Å².